The molecule has 0 spiro atoms. The lowest BCUT2D eigenvalue weighted by atomic mass is 10.2. The molecule has 0 unspecified atom stereocenters. The lowest BCUT2D eigenvalue weighted by molar-refractivity contribution is -0.116. The van der Waals surface area contributed by atoms with Gasteiger partial charge in [-0.2, -0.15) is 0 Å². The van der Waals surface area contributed by atoms with Crippen LogP contribution in [-0.2, 0) is 11.3 Å². The molecule has 3 amide bonds. The minimum atomic E-state index is -0.187. The molecular weight excluding hydrogens is 376 g/mol. The minimum Gasteiger partial charge on any atom is -0.372 e. The van der Waals surface area contributed by atoms with E-state index in [4.69, 9.17) is 0 Å². The molecule has 1 aliphatic heterocycles. The van der Waals surface area contributed by atoms with Crippen LogP contribution in [0.4, 0.5) is 16.2 Å². The van der Waals surface area contributed by atoms with Gasteiger partial charge in [0.1, 0.15) is 0 Å². The van der Waals surface area contributed by atoms with Crippen molar-refractivity contribution in [3.63, 3.8) is 0 Å². The monoisotopic (exact) mass is 408 g/mol. The van der Waals surface area contributed by atoms with Crippen molar-refractivity contribution in [2.24, 2.45) is 0 Å². The number of hydrogen-bond donors (Lipinski definition) is 2. The van der Waals surface area contributed by atoms with Crippen LogP contribution in [0.5, 0.6) is 0 Å². The highest BCUT2D eigenvalue weighted by atomic mass is 16.2. The zero-order chi connectivity index (χ0) is 21.2. The molecule has 2 aromatic rings. The van der Waals surface area contributed by atoms with E-state index in [1.54, 1.807) is 11.9 Å². The molecule has 0 aliphatic carbocycles. The quantitative estimate of drug-likeness (QED) is 0.720. The van der Waals surface area contributed by atoms with E-state index in [9.17, 15) is 9.59 Å². The summed E-state index contributed by atoms with van der Waals surface area (Å²) in [4.78, 5) is 28.4. The first-order valence-electron chi connectivity index (χ1n) is 10.8. The van der Waals surface area contributed by atoms with E-state index in [0.29, 0.717) is 13.1 Å². The summed E-state index contributed by atoms with van der Waals surface area (Å²) in [7, 11) is 1.74. The van der Waals surface area contributed by atoms with Gasteiger partial charge >= 0.3 is 6.03 Å². The number of carbonyl (C=O) groups excluding carboxylic acids is 2. The first-order chi connectivity index (χ1) is 14.6. The Bertz CT molecular complexity index is 800. The Morgan fingerprint density at radius 2 is 1.60 bits per heavy atom. The van der Waals surface area contributed by atoms with Crippen LogP contribution in [0.15, 0.2) is 54.6 Å². The smallest absolute Gasteiger partial charge is 0.317 e. The van der Waals surface area contributed by atoms with Gasteiger partial charge in [0.2, 0.25) is 5.91 Å². The summed E-state index contributed by atoms with van der Waals surface area (Å²) in [6.45, 7) is 3.03. The van der Waals surface area contributed by atoms with Gasteiger partial charge in [0.15, 0.2) is 0 Å². The average Bonchev–Trinajstić information content (AvgIpc) is 3.04. The second kappa shape index (κ2) is 11.2. The molecular formula is C24H32N4O2. The number of anilines is 2. The van der Waals surface area contributed by atoms with Gasteiger partial charge in [-0.05, 0) is 42.7 Å². The van der Waals surface area contributed by atoms with Gasteiger partial charge in [0.25, 0.3) is 0 Å². The van der Waals surface area contributed by atoms with E-state index >= 15 is 0 Å². The zero-order valence-corrected chi connectivity index (χ0v) is 17.8. The van der Waals surface area contributed by atoms with Crippen molar-refractivity contribution >= 4 is 23.3 Å². The number of amides is 3. The van der Waals surface area contributed by atoms with Crippen molar-refractivity contribution < 1.29 is 9.59 Å². The summed E-state index contributed by atoms with van der Waals surface area (Å²) in [6.07, 6.45) is 5.33. The van der Waals surface area contributed by atoms with Gasteiger partial charge in [-0.3, -0.25) is 4.79 Å². The van der Waals surface area contributed by atoms with Crippen LogP contribution in [0.1, 0.15) is 37.7 Å². The molecule has 6 nitrogen and oxygen atoms in total. The third-order valence-corrected chi connectivity index (χ3v) is 5.36. The molecule has 160 valence electrons. The fourth-order valence-electron chi connectivity index (χ4n) is 3.65. The predicted octanol–water partition coefficient (Wildman–Crippen LogP) is 4.24. The highest BCUT2D eigenvalue weighted by Gasteiger charge is 2.11. The topological polar surface area (TPSA) is 64.7 Å². The van der Waals surface area contributed by atoms with E-state index in [-0.39, 0.29) is 18.4 Å². The molecule has 1 saturated heterocycles. The third kappa shape index (κ3) is 6.79. The van der Waals surface area contributed by atoms with Gasteiger partial charge in [-0.1, -0.05) is 43.2 Å². The van der Waals surface area contributed by atoms with Crippen molar-refractivity contribution in [1.29, 1.82) is 0 Å². The van der Waals surface area contributed by atoms with Crippen LogP contribution >= 0.6 is 0 Å². The maximum Gasteiger partial charge on any atom is 0.317 e. The van der Waals surface area contributed by atoms with Gasteiger partial charge < -0.3 is 20.4 Å². The first-order valence-corrected chi connectivity index (χ1v) is 10.8. The van der Waals surface area contributed by atoms with Crippen LogP contribution in [0.25, 0.3) is 0 Å². The van der Waals surface area contributed by atoms with Crippen molar-refractivity contribution in [3.05, 3.63) is 60.2 Å². The van der Waals surface area contributed by atoms with Gasteiger partial charge in [-0.15, -0.1) is 0 Å². The van der Waals surface area contributed by atoms with Crippen molar-refractivity contribution in [3.8, 4) is 0 Å². The van der Waals surface area contributed by atoms with Crippen LogP contribution < -0.4 is 15.5 Å². The Hall–Kier alpha value is -3.02. The number of carbonyl (C=O) groups is 2. The number of benzene rings is 2. The fraction of sp³-hybridized carbons (Fsp3) is 0.417. The summed E-state index contributed by atoms with van der Waals surface area (Å²) in [5, 5.41) is 5.70. The minimum absolute atomic E-state index is 0.108. The molecule has 30 heavy (non-hydrogen) atoms. The molecule has 3 rings (SSSR count). The van der Waals surface area contributed by atoms with E-state index in [2.05, 4.69) is 27.7 Å². The second-order valence-corrected chi connectivity index (χ2v) is 7.82. The Kier molecular flexibility index (Phi) is 8.12. The largest absolute Gasteiger partial charge is 0.372 e. The van der Waals surface area contributed by atoms with Crippen molar-refractivity contribution in [2.75, 3.05) is 36.9 Å². The molecule has 0 atom stereocenters. The molecule has 0 radical (unpaired) electrons. The van der Waals surface area contributed by atoms with Crippen LogP contribution in [-0.4, -0.2) is 43.5 Å². The normalized spacial score (nSPS) is 14.0. The van der Waals surface area contributed by atoms with E-state index in [0.717, 1.165) is 24.3 Å². The third-order valence-electron chi connectivity index (χ3n) is 5.36. The maximum atomic E-state index is 12.2. The number of hydrogen-bond acceptors (Lipinski definition) is 3. The summed E-state index contributed by atoms with van der Waals surface area (Å²) in [5.41, 5.74) is 3.06. The molecule has 2 N–H and O–H groups in total. The van der Waals surface area contributed by atoms with Crippen molar-refractivity contribution in [1.82, 2.24) is 10.2 Å². The average molecular weight is 409 g/mol. The number of rotatable bonds is 7. The highest BCUT2D eigenvalue weighted by molar-refractivity contribution is 5.91. The summed E-state index contributed by atoms with van der Waals surface area (Å²) in [6, 6.07) is 17.7. The highest BCUT2D eigenvalue weighted by Crippen LogP contribution is 2.21. The van der Waals surface area contributed by atoms with Gasteiger partial charge in [0.05, 0.1) is 0 Å². The lowest BCUT2D eigenvalue weighted by Gasteiger charge is -2.22. The fourth-order valence-corrected chi connectivity index (χ4v) is 3.65. The standard InChI is InChI=1S/C24H32N4O2/c1-27(19-20-9-5-4-6-10-20)24(30)25-16-15-23(29)26-21-11-13-22(14-12-21)28-17-7-2-3-8-18-28/h4-6,9-14H,2-3,7-8,15-19H2,1H3,(H,25,30)(H,26,29). The van der Waals surface area contributed by atoms with E-state index in [1.165, 1.54) is 31.4 Å². The Balaban J connectivity index is 1.38. The molecule has 0 saturated carbocycles. The maximum absolute atomic E-state index is 12.2. The number of nitrogens with zero attached hydrogens (tertiary/aromatic N) is 2. The molecule has 1 aliphatic rings. The summed E-state index contributed by atoms with van der Waals surface area (Å²) < 4.78 is 0. The summed E-state index contributed by atoms with van der Waals surface area (Å²) in [5.74, 6) is -0.108. The molecule has 1 heterocycles. The van der Waals surface area contributed by atoms with Crippen LogP contribution in [0.3, 0.4) is 0 Å². The van der Waals surface area contributed by atoms with Crippen LogP contribution in [0, 0.1) is 0 Å². The van der Waals surface area contributed by atoms with Gasteiger partial charge in [-0.25, -0.2) is 4.79 Å². The summed E-state index contributed by atoms with van der Waals surface area (Å²) >= 11 is 0. The number of nitrogens with one attached hydrogen (secondary N) is 2. The van der Waals surface area contributed by atoms with Crippen molar-refractivity contribution in [2.45, 2.75) is 38.6 Å². The SMILES string of the molecule is CN(Cc1ccccc1)C(=O)NCCC(=O)Nc1ccc(N2CCCCCC2)cc1. The zero-order valence-electron chi connectivity index (χ0n) is 17.8. The molecule has 6 heteroatoms. The molecule has 0 bridgehead atoms. The Labute approximate surface area is 179 Å². The predicted molar refractivity (Wildman–Crippen MR) is 122 cm³/mol. The van der Waals surface area contributed by atoms with Crippen LogP contribution in [0.2, 0.25) is 0 Å². The lowest BCUT2D eigenvalue weighted by Crippen LogP contribution is -2.38. The number of urea groups is 1. The Morgan fingerprint density at radius 3 is 2.27 bits per heavy atom. The van der Waals surface area contributed by atoms with E-state index < -0.39 is 0 Å². The van der Waals surface area contributed by atoms with Gasteiger partial charge in [0, 0.05) is 51.0 Å². The van der Waals surface area contributed by atoms with E-state index in [1.807, 2.05) is 42.5 Å². The molecule has 1 fully saturated rings. The Morgan fingerprint density at radius 1 is 0.933 bits per heavy atom. The second-order valence-electron chi connectivity index (χ2n) is 7.82. The molecule has 2 aromatic carbocycles. The first kappa shape index (κ1) is 21.7. The molecule has 0 aromatic heterocycles.